The van der Waals surface area contributed by atoms with E-state index in [1.54, 1.807) is 0 Å². The maximum absolute atomic E-state index is 12.3. The molecule has 0 aliphatic rings. The van der Waals surface area contributed by atoms with E-state index in [2.05, 4.69) is 17.2 Å². The minimum Gasteiger partial charge on any atom is -0.344 e. The summed E-state index contributed by atoms with van der Waals surface area (Å²) in [4.78, 5) is 14.8. The van der Waals surface area contributed by atoms with Gasteiger partial charge in [-0.25, -0.2) is 0 Å². The molecule has 0 aliphatic heterocycles. The zero-order valence-electron chi connectivity index (χ0n) is 11.7. The van der Waals surface area contributed by atoms with Crippen LogP contribution in [-0.2, 0) is 0 Å². The van der Waals surface area contributed by atoms with Crippen LogP contribution in [0.2, 0.25) is 4.34 Å². The first-order valence-electron chi connectivity index (χ1n) is 6.36. The first-order chi connectivity index (χ1) is 10.0. The molecule has 0 bridgehead atoms. The molecule has 6 heteroatoms. The molecule has 0 saturated heterocycles. The second kappa shape index (κ2) is 7.10. The molecule has 2 aromatic rings. The Morgan fingerprint density at radius 2 is 2.24 bits per heavy atom. The van der Waals surface area contributed by atoms with Crippen molar-refractivity contribution in [1.82, 2.24) is 5.32 Å². The van der Waals surface area contributed by atoms with E-state index in [0.717, 1.165) is 19.7 Å². The number of nitrogens with two attached hydrogens (primary N) is 1. The van der Waals surface area contributed by atoms with Gasteiger partial charge in [0.15, 0.2) is 0 Å². The lowest BCUT2D eigenvalue weighted by Gasteiger charge is -2.10. The standard InChI is InChI=1S/C15H15ClN2OS2/c1-9-8-13(20-11(9)4-3-7-17)15(19)18-10(2)12-5-6-14(16)21-12/h5-6,8,10H,7,17H2,1-2H3,(H,18,19). The predicted octanol–water partition coefficient (Wildman–Crippen LogP) is 3.57. The first kappa shape index (κ1) is 16.1. The number of carbonyl (C=O) groups is 1. The van der Waals surface area contributed by atoms with Crippen LogP contribution in [0.4, 0.5) is 0 Å². The average molecular weight is 339 g/mol. The van der Waals surface area contributed by atoms with E-state index in [1.807, 2.05) is 32.0 Å². The lowest BCUT2D eigenvalue weighted by Crippen LogP contribution is -2.25. The topological polar surface area (TPSA) is 55.1 Å². The maximum atomic E-state index is 12.3. The number of thiophene rings is 2. The van der Waals surface area contributed by atoms with Crippen LogP contribution in [0.3, 0.4) is 0 Å². The van der Waals surface area contributed by atoms with Crippen molar-refractivity contribution < 1.29 is 4.79 Å². The largest absolute Gasteiger partial charge is 0.344 e. The minimum atomic E-state index is -0.0964. The summed E-state index contributed by atoms with van der Waals surface area (Å²) in [7, 11) is 0. The van der Waals surface area contributed by atoms with Crippen LogP contribution in [0.5, 0.6) is 0 Å². The number of amides is 1. The molecular weight excluding hydrogens is 324 g/mol. The summed E-state index contributed by atoms with van der Waals surface area (Å²) in [5.41, 5.74) is 6.37. The number of carbonyl (C=O) groups excluding carboxylic acids is 1. The Kier molecular flexibility index (Phi) is 5.43. The smallest absolute Gasteiger partial charge is 0.261 e. The molecule has 21 heavy (non-hydrogen) atoms. The molecule has 0 aliphatic carbocycles. The predicted molar refractivity (Wildman–Crippen MR) is 90.2 cm³/mol. The summed E-state index contributed by atoms with van der Waals surface area (Å²) in [6.45, 7) is 4.20. The van der Waals surface area contributed by atoms with Crippen molar-refractivity contribution in [1.29, 1.82) is 0 Å². The summed E-state index contributed by atoms with van der Waals surface area (Å²) >= 11 is 8.77. The number of halogens is 1. The zero-order chi connectivity index (χ0) is 15.4. The molecule has 2 heterocycles. The van der Waals surface area contributed by atoms with Gasteiger partial charge in [-0.15, -0.1) is 22.7 Å². The highest BCUT2D eigenvalue weighted by Gasteiger charge is 2.16. The summed E-state index contributed by atoms with van der Waals surface area (Å²) in [5.74, 6) is 5.70. The van der Waals surface area contributed by atoms with Gasteiger partial charge in [0.25, 0.3) is 5.91 Å². The summed E-state index contributed by atoms with van der Waals surface area (Å²) in [6.07, 6.45) is 0. The van der Waals surface area contributed by atoms with Gasteiger partial charge in [0.2, 0.25) is 0 Å². The van der Waals surface area contributed by atoms with Crippen molar-refractivity contribution in [3.63, 3.8) is 0 Å². The fraction of sp³-hybridized carbons (Fsp3) is 0.267. The van der Waals surface area contributed by atoms with Crippen LogP contribution >= 0.6 is 34.3 Å². The monoisotopic (exact) mass is 338 g/mol. The number of nitrogens with one attached hydrogen (secondary N) is 1. The lowest BCUT2D eigenvalue weighted by molar-refractivity contribution is 0.0944. The van der Waals surface area contributed by atoms with Crippen molar-refractivity contribution in [3.8, 4) is 11.8 Å². The Morgan fingerprint density at radius 3 is 2.86 bits per heavy atom. The van der Waals surface area contributed by atoms with Crippen molar-refractivity contribution in [2.75, 3.05) is 6.54 Å². The van der Waals surface area contributed by atoms with Crippen molar-refractivity contribution in [2.45, 2.75) is 19.9 Å². The number of hydrogen-bond donors (Lipinski definition) is 2. The van der Waals surface area contributed by atoms with Gasteiger partial charge in [-0.2, -0.15) is 0 Å². The van der Waals surface area contributed by atoms with E-state index < -0.39 is 0 Å². The molecule has 2 rings (SSSR count). The third kappa shape index (κ3) is 4.08. The van der Waals surface area contributed by atoms with E-state index in [0.29, 0.717) is 11.4 Å². The first-order valence-corrected chi connectivity index (χ1v) is 8.38. The van der Waals surface area contributed by atoms with Gasteiger partial charge in [0.05, 0.1) is 26.7 Å². The van der Waals surface area contributed by atoms with Gasteiger partial charge >= 0.3 is 0 Å². The molecule has 0 fully saturated rings. The Morgan fingerprint density at radius 1 is 1.48 bits per heavy atom. The van der Waals surface area contributed by atoms with Crippen molar-refractivity contribution in [2.24, 2.45) is 5.73 Å². The third-order valence-corrected chi connectivity index (χ3v) is 5.38. The van der Waals surface area contributed by atoms with Crippen molar-refractivity contribution in [3.05, 3.63) is 42.7 Å². The number of aryl methyl sites for hydroxylation is 1. The molecule has 0 aromatic carbocycles. The molecule has 0 spiro atoms. The second-order valence-corrected chi connectivity index (χ2v) is 7.26. The summed E-state index contributed by atoms with van der Waals surface area (Å²) in [6, 6.07) is 5.54. The molecule has 110 valence electrons. The fourth-order valence-corrected chi connectivity index (χ4v) is 3.76. The van der Waals surface area contributed by atoms with Gasteiger partial charge in [-0.1, -0.05) is 23.4 Å². The fourth-order valence-electron chi connectivity index (χ4n) is 1.75. The Bertz CT molecular complexity index is 709. The Balaban J connectivity index is 2.10. The summed E-state index contributed by atoms with van der Waals surface area (Å²) < 4.78 is 0.720. The molecular formula is C15H15ClN2OS2. The normalized spacial score (nSPS) is 11.6. The molecule has 3 nitrogen and oxygen atoms in total. The SMILES string of the molecule is Cc1cc(C(=O)NC(C)c2ccc(Cl)s2)sc1C#CCN. The molecule has 0 radical (unpaired) electrons. The molecule has 2 aromatic heterocycles. The second-order valence-electron chi connectivity index (χ2n) is 4.47. The highest BCUT2D eigenvalue weighted by atomic mass is 35.5. The van der Waals surface area contributed by atoms with Gasteiger partial charge < -0.3 is 11.1 Å². The molecule has 0 saturated carbocycles. The lowest BCUT2D eigenvalue weighted by atomic mass is 10.2. The Hall–Kier alpha value is -1.32. The van der Waals surface area contributed by atoms with Crippen LogP contribution in [0.1, 0.15) is 38.0 Å². The van der Waals surface area contributed by atoms with Crippen molar-refractivity contribution >= 4 is 40.2 Å². The molecule has 1 atom stereocenters. The molecule has 1 unspecified atom stereocenters. The van der Waals surface area contributed by atoms with E-state index in [4.69, 9.17) is 17.3 Å². The van der Waals surface area contributed by atoms with Gasteiger partial charge in [-0.05, 0) is 37.6 Å². The quantitative estimate of drug-likeness (QED) is 0.840. The zero-order valence-corrected chi connectivity index (χ0v) is 14.1. The van der Waals surface area contributed by atoms with Crippen LogP contribution in [0.25, 0.3) is 0 Å². The number of hydrogen-bond acceptors (Lipinski definition) is 4. The highest BCUT2D eigenvalue weighted by Crippen LogP contribution is 2.27. The Labute approximate surface area is 137 Å². The van der Waals surface area contributed by atoms with Crippen LogP contribution < -0.4 is 11.1 Å². The van der Waals surface area contributed by atoms with E-state index >= 15 is 0 Å². The maximum Gasteiger partial charge on any atom is 0.261 e. The van der Waals surface area contributed by atoms with Gasteiger partial charge in [-0.3, -0.25) is 4.79 Å². The molecule has 3 N–H and O–H groups in total. The van der Waals surface area contributed by atoms with Crippen LogP contribution in [0.15, 0.2) is 18.2 Å². The van der Waals surface area contributed by atoms with E-state index in [9.17, 15) is 4.79 Å². The average Bonchev–Trinajstić information content (AvgIpc) is 3.03. The van der Waals surface area contributed by atoms with Crippen LogP contribution in [-0.4, -0.2) is 12.5 Å². The molecule has 1 amide bonds. The van der Waals surface area contributed by atoms with Gasteiger partial charge in [0, 0.05) is 4.88 Å². The summed E-state index contributed by atoms with van der Waals surface area (Å²) in [5, 5.41) is 2.97. The third-order valence-electron chi connectivity index (χ3n) is 2.81. The van der Waals surface area contributed by atoms with E-state index in [1.165, 1.54) is 22.7 Å². The number of rotatable bonds is 3. The van der Waals surface area contributed by atoms with Gasteiger partial charge in [0.1, 0.15) is 0 Å². The van der Waals surface area contributed by atoms with E-state index in [-0.39, 0.29) is 11.9 Å². The van der Waals surface area contributed by atoms with Crippen LogP contribution in [0, 0.1) is 18.8 Å². The minimum absolute atomic E-state index is 0.0732. The highest BCUT2D eigenvalue weighted by molar-refractivity contribution is 7.16.